The second-order valence-corrected chi connectivity index (χ2v) is 32.3. The van der Waals surface area contributed by atoms with Crippen molar-refractivity contribution < 1.29 is 162 Å². The van der Waals surface area contributed by atoms with Gasteiger partial charge in [0.05, 0.1) is 19.8 Å². The normalized spacial score (nSPS) is 13.3. The van der Waals surface area contributed by atoms with Crippen LogP contribution in [0, 0.1) is 29.7 Å². The van der Waals surface area contributed by atoms with Crippen molar-refractivity contribution in [1.29, 1.82) is 0 Å². The monoisotopic (exact) mass is 2010 g/mol. The van der Waals surface area contributed by atoms with Gasteiger partial charge in [-0.1, -0.05) is 306 Å². The predicted molar refractivity (Wildman–Crippen MR) is 541 cm³/mol. The molecule has 6 aliphatic carbocycles. The van der Waals surface area contributed by atoms with E-state index in [4.69, 9.17) is 45.1 Å². The summed E-state index contributed by atoms with van der Waals surface area (Å²) in [5.74, 6) is -2.65. The molecule has 0 saturated carbocycles. The van der Waals surface area contributed by atoms with Crippen molar-refractivity contribution in [2.24, 2.45) is 5.34 Å². The van der Waals surface area contributed by atoms with Gasteiger partial charge in [0.1, 0.15) is 6.61 Å². The van der Waals surface area contributed by atoms with Crippen molar-refractivity contribution in [3.63, 3.8) is 0 Å². The number of hydrogen-bond acceptors (Lipinski definition) is 14. The molecule has 8 aliphatic rings. The molecule has 27 heteroatoms. The minimum Gasteiger partial charge on any atom is -1.00 e. The van der Waals surface area contributed by atoms with Crippen molar-refractivity contribution in [2.45, 2.75) is 170 Å². The molecule has 139 heavy (non-hydrogen) atoms. The molecule has 2 amide bonds. The molecule has 0 radical (unpaired) electrons. The Morgan fingerprint density at radius 3 is 1.19 bits per heavy atom. The fraction of sp³-hybridized carbons (Fsp3) is 0.268. The fourth-order valence-electron chi connectivity index (χ4n) is 17.0. The van der Waals surface area contributed by atoms with Gasteiger partial charge >= 0.3 is 72.8 Å². The number of rotatable bonds is 10. The molecule has 2 fully saturated rings. The van der Waals surface area contributed by atoms with Crippen LogP contribution < -0.4 is 69.6 Å². The van der Waals surface area contributed by atoms with E-state index in [1.807, 2.05) is 25.1 Å². The average molecular weight is 2010 g/mol. The number of fused-ring (bicyclic) bond motifs is 18. The first kappa shape index (κ1) is 126. The second kappa shape index (κ2) is 65.8. The van der Waals surface area contributed by atoms with Crippen LogP contribution in [0.1, 0.15) is 207 Å². The Morgan fingerprint density at radius 2 is 0.842 bits per heavy atom. The topological polar surface area (TPSA) is 342 Å². The third-order valence-electron chi connectivity index (χ3n) is 22.5. The SMILES string of the molecule is C/C=C/c1ccc2c(c1)Cc1ccccc1-2.C=CC.CC(=O)O.CC(=O)O.CC1CCCO1.CCCc1ccc2c(c1)C(CO)c1ccccc1-2.CCCc1ccc2c(c1)C(COC(=O)OC)c1ccccc1-2.CCCc1ccc2c(c1)Cc1ccccc1-2.Cc1ccc2c(c1)Cc1ccccc1-2.FB(F)F.Nc1ccc2c(c1)Cc1ccccc1-2.O.O.O=C1CCC(=O)N1[O-].O=N[O-].[CH3-].[F-].[Na+].[Na+].[Pd]. The Balaban J connectivity index is 0.000000779. The molecule has 730 valence electrons. The van der Waals surface area contributed by atoms with Crippen molar-refractivity contribution in [3.05, 3.63) is 391 Å². The largest absolute Gasteiger partial charge is 1.00 e. The first-order valence-electron chi connectivity index (χ1n) is 44.6. The minimum absolute atomic E-state index is 0. The average Bonchev–Trinajstić information content (AvgIpc) is 1.61. The number of carboxylic acid groups (broad SMARTS) is 2. The number of anilines is 1. The molecular formula is C112H126BF4N3Na2O16Pd-2. The number of aliphatic hydroxyl groups is 1. The summed E-state index contributed by atoms with van der Waals surface area (Å²) in [4.78, 5) is 57.7. The summed E-state index contributed by atoms with van der Waals surface area (Å²) >= 11 is 0. The minimum atomic E-state index is -3.67. The van der Waals surface area contributed by atoms with E-state index in [-0.39, 0.29) is 139 Å². The summed E-state index contributed by atoms with van der Waals surface area (Å²) in [5, 5.41) is 43.6. The predicted octanol–water partition coefficient (Wildman–Crippen LogP) is 16.3. The van der Waals surface area contributed by atoms with Gasteiger partial charge in [0, 0.05) is 71.2 Å². The van der Waals surface area contributed by atoms with Gasteiger partial charge in [0.25, 0.3) is 11.9 Å². The van der Waals surface area contributed by atoms with Crippen molar-refractivity contribution in [2.75, 3.05) is 32.7 Å². The molecule has 19 nitrogen and oxygen atoms in total. The summed E-state index contributed by atoms with van der Waals surface area (Å²) in [6.45, 7) is 21.9. The number of allylic oxidation sites excluding steroid dienone is 2. The molecule has 0 aromatic heterocycles. The number of carbonyl (C=O) groups excluding carboxylic acids is 3. The number of aliphatic carboxylic acids is 2. The zero-order chi connectivity index (χ0) is 95.8. The van der Waals surface area contributed by atoms with Crippen LogP contribution in [0.4, 0.5) is 23.4 Å². The van der Waals surface area contributed by atoms with E-state index in [2.05, 4.69) is 302 Å². The Labute approximate surface area is 874 Å². The van der Waals surface area contributed by atoms with Gasteiger partial charge < -0.3 is 78.7 Å². The van der Waals surface area contributed by atoms with E-state index < -0.39 is 37.5 Å². The number of aryl methyl sites for hydroxylation is 4. The third-order valence-corrected chi connectivity index (χ3v) is 22.5. The maximum Gasteiger partial charge on any atom is 1.00 e. The van der Waals surface area contributed by atoms with Gasteiger partial charge in [-0.2, -0.15) is 0 Å². The number of carboxylic acids is 2. The molecule has 9 N–H and O–H groups in total. The molecule has 12 aromatic carbocycles. The van der Waals surface area contributed by atoms with Gasteiger partial charge in [0.15, 0.2) is 0 Å². The Hall–Kier alpha value is -11.1. The van der Waals surface area contributed by atoms with Gasteiger partial charge in [-0.05, 0) is 253 Å². The summed E-state index contributed by atoms with van der Waals surface area (Å²) in [5.41, 5.74) is 46.4. The van der Waals surface area contributed by atoms with Gasteiger partial charge in [0.2, 0.25) is 11.8 Å². The van der Waals surface area contributed by atoms with Crippen LogP contribution in [0.2, 0.25) is 0 Å². The standard InChI is InChI=1S/C19H20O3.C17H18O.C16H16.C16H14.C14H12.C13H11N.C5H10O.C4H4NO3.C3H6.2C2H4O2.CH3.BF3.FH.HNO2.2Na.2H2O.Pd/c1-3-6-13-9-10-16-14-7-4-5-8-15(14)18(17(16)11-13)12-22-19(20)21-2;1-2-5-12-8-9-15-13-6-3-4-7-14(13)17(11-18)16(15)10-12;2*1-2-5-12-8-9-16-14(10-12)11-13-6-3-4-7-15(13)16;1-10-6-7-14-12(8-10)9-11-4-2-3-5-13(11)14;14-11-5-6-13-10(8-11)7-9-3-1-2-4-12(9)13;1-5-3-2-4-6-5;6-3-1-2-4(7)5(3)8;1-3-2;2*1-2(3)4;;2-1(3)4;;2-1-3;;;;;/h4-5,7-11,18H,3,6,12H2,1-2H3;3-4,6-10,17-18H,2,5,11H2,1H3;3-4,6-10H,2,5,11H2,1H3;2-10H,11H2,1H3;2-8H,9H2,1H3;1-6,8H,7,14H2;5H,2-4H2,1H3;1-2H2;3H,1H2,2H3;2*1H3,(H,3,4);1H3;;1H;(H,2,3);;;2*1H2;/q;;;;;;;-1;;;;-1;;;;2*+1;;;/p-2/b;;;5-2+;;;;;;;;;;;;;;;;. The van der Waals surface area contributed by atoms with Crippen LogP contribution in [0.5, 0.6) is 0 Å². The van der Waals surface area contributed by atoms with Crippen molar-refractivity contribution in [1.82, 2.24) is 5.06 Å². The summed E-state index contributed by atoms with van der Waals surface area (Å²) in [6.07, 6.45) is 19.8. The number of methoxy groups -OCH3 is 1. The summed E-state index contributed by atoms with van der Waals surface area (Å²) in [6, 6.07) is 91.4. The van der Waals surface area contributed by atoms with E-state index in [0.29, 0.717) is 12.7 Å². The Kier molecular flexibility index (Phi) is 59.6. The molecule has 12 aromatic rings. The van der Waals surface area contributed by atoms with Crippen LogP contribution >= 0.6 is 0 Å². The number of halogens is 4. The van der Waals surface area contributed by atoms with E-state index in [0.717, 1.165) is 82.8 Å². The molecule has 2 aliphatic heterocycles. The second-order valence-electron chi connectivity index (χ2n) is 32.3. The molecular weight excluding hydrogens is 1880 g/mol. The van der Waals surface area contributed by atoms with Crippen molar-refractivity contribution in [3.8, 4) is 66.8 Å². The number of nitrogens with zero attached hydrogens (tertiary/aromatic N) is 2. The number of benzene rings is 12. The number of nitrogens with two attached hydrogens (primary N) is 1. The Bertz CT molecular complexity index is 5780. The quantitative estimate of drug-likeness (QED) is 0.0114. The molecule has 3 atom stereocenters. The van der Waals surface area contributed by atoms with Gasteiger partial charge in [-0.15, -0.1) is 11.9 Å². The zero-order valence-electron chi connectivity index (χ0n) is 81.7. The van der Waals surface area contributed by atoms with Crippen LogP contribution in [0.3, 0.4) is 0 Å². The maximum absolute atomic E-state index is 11.3. The van der Waals surface area contributed by atoms with E-state index in [1.54, 1.807) is 6.08 Å². The molecule has 3 unspecified atom stereocenters. The summed E-state index contributed by atoms with van der Waals surface area (Å²) in [7, 11) is -2.34. The number of nitrogen functional groups attached to an aromatic ring is 1. The first-order chi connectivity index (χ1) is 63.7. The molecule has 20 rings (SSSR count). The summed E-state index contributed by atoms with van der Waals surface area (Å²) < 4.78 is 44.0. The molecule has 0 bridgehead atoms. The molecule has 0 spiro atoms. The maximum atomic E-state index is 11.3. The number of aliphatic hydroxyl groups excluding tert-OH is 1. The fourth-order valence-corrected chi connectivity index (χ4v) is 17.0. The zero-order valence-corrected chi connectivity index (χ0v) is 87.2. The number of ether oxygens (including phenoxy) is 3. The number of hydroxylamine groups is 2. The van der Waals surface area contributed by atoms with Crippen LogP contribution in [0.15, 0.2) is 279 Å². The van der Waals surface area contributed by atoms with Crippen molar-refractivity contribution >= 4 is 49.2 Å². The smallest absolute Gasteiger partial charge is 1.00 e. The van der Waals surface area contributed by atoms with Crippen LogP contribution in [-0.4, -0.2) is 102 Å². The van der Waals surface area contributed by atoms with E-state index in [1.165, 1.54) is 194 Å². The number of amides is 2. The van der Waals surface area contributed by atoms with Crippen LogP contribution in [0.25, 0.3) is 72.8 Å². The molecule has 2 saturated heterocycles. The number of hydrogen-bond donors (Lipinski definition) is 4. The Morgan fingerprint density at radius 1 is 0.525 bits per heavy atom. The van der Waals surface area contributed by atoms with E-state index >= 15 is 0 Å². The van der Waals surface area contributed by atoms with E-state index in [9.17, 15) is 37.6 Å². The molecule has 2 heterocycles. The third kappa shape index (κ3) is 37.5. The van der Waals surface area contributed by atoms with Gasteiger partial charge in [-0.25, -0.2) is 4.79 Å². The number of imide groups is 1. The number of carbonyl (C=O) groups is 5. The first-order valence-corrected chi connectivity index (χ1v) is 44.6. The van der Waals surface area contributed by atoms with Gasteiger partial charge in [-0.3, -0.25) is 32.1 Å². The van der Waals surface area contributed by atoms with Crippen LogP contribution in [-0.2, 0) is 98.8 Å².